The fourth-order valence-electron chi connectivity index (χ4n) is 3.02. The first-order chi connectivity index (χ1) is 11.4. The standard InChI is InChI=1S/C19H25ClO3Si/c1-4-10-18-12-21-19(22-13-18,23-14-18)17-7-5-16(6-8-17)9-11-24(2,3)15-20/h5-8H,4,10,12-15H2,1-3H3. The Morgan fingerprint density at radius 3 is 2.17 bits per heavy atom. The Morgan fingerprint density at radius 2 is 1.67 bits per heavy atom. The van der Waals surface area contributed by atoms with Crippen LogP contribution in [0.25, 0.3) is 0 Å². The average molecular weight is 365 g/mol. The van der Waals surface area contributed by atoms with Crippen molar-refractivity contribution in [2.45, 2.75) is 38.8 Å². The van der Waals surface area contributed by atoms with Gasteiger partial charge in [-0.05, 0) is 30.7 Å². The fraction of sp³-hybridized carbons (Fsp3) is 0.579. The first kappa shape index (κ1) is 18.0. The summed E-state index contributed by atoms with van der Waals surface area (Å²) in [4.78, 5) is 0. The molecule has 1 aromatic rings. The summed E-state index contributed by atoms with van der Waals surface area (Å²) in [5.41, 5.74) is 5.89. The monoisotopic (exact) mass is 364 g/mol. The van der Waals surface area contributed by atoms with Gasteiger partial charge >= 0.3 is 5.97 Å². The summed E-state index contributed by atoms with van der Waals surface area (Å²) >= 11 is 5.97. The van der Waals surface area contributed by atoms with Crippen LogP contribution in [-0.2, 0) is 20.2 Å². The summed E-state index contributed by atoms with van der Waals surface area (Å²) in [6.45, 7) is 8.60. The Kier molecular flexibility index (Phi) is 5.11. The van der Waals surface area contributed by atoms with Crippen LogP contribution in [-0.4, -0.2) is 33.4 Å². The van der Waals surface area contributed by atoms with Crippen LogP contribution in [0.15, 0.2) is 24.3 Å². The quantitative estimate of drug-likeness (QED) is 0.458. The lowest BCUT2D eigenvalue weighted by Gasteiger charge is -2.51. The maximum Gasteiger partial charge on any atom is 0.312 e. The predicted molar refractivity (Wildman–Crippen MR) is 98.4 cm³/mol. The zero-order chi connectivity index (χ0) is 17.3. The molecule has 0 radical (unpaired) electrons. The van der Waals surface area contributed by atoms with E-state index in [4.69, 9.17) is 25.8 Å². The lowest BCUT2D eigenvalue weighted by molar-refractivity contribution is -0.480. The van der Waals surface area contributed by atoms with Crippen molar-refractivity contribution in [3.8, 4) is 11.5 Å². The number of fused-ring (bicyclic) bond motifs is 3. The van der Waals surface area contributed by atoms with E-state index in [1.54, 1.807) is 0 Å². The van der Waals surface area contributed by atoms with Gasteiger partial charge in [0.25, 0.3) is 0 Å². The number of halogens is 1. The molecule has 2 bridgehead atoms. The van der Waals surface area contributed by atoms with E-state index in [-0.39, 0.29) is 5.41 Å². The van der Waals surface area contributed by atoms with Crippen molar-refractivity contribution in [3.63, 3.8) is 0 Å². The van der Waals surface area contributed by atoms with E-state index < -0.39 is 14.0 Å². The third-order valence-corrected chi connectivity index (χ3v) is 8.08. The minimum absolute atomic E-state index is 0.0275. The first-order valence-electron chi connectivity index (χ1n) is 8.54. The van der Waals surface area contributed by atoms with Crippen molar-refractivity contribution < 1.29 is 14.2 Å². The van der Waals surface area contributed by atoms with E-state index in [1.165, 1.54) is 0 Å². The topological polar surface area (TPSA) is 27.7 Å². The summed E-state index contributed by atoms with van der Waals surface area (Å²) in [6, 6.07) is 7.96. The zero-order valence-corrected chi connectivity index (χ0v) is 16.4. The maximum atomic E-state index is 5.99. The predicted octanol–water partition coefficient (Wildman–Crippen LogP) is 4.04. The molecule has 3 aliphatic heterocycles. The molecule has 4 rings (SSSR count). The summed E-state index contributed by atoms with van der Waals surface area (Å²) < 4.78 is 18.0. The molecule has 130 valence electrons. The van der Waals surface area contributed by atoms with Gasteiger partial charge in [-0.15, -0.1) is 17.1 Å². The Balaban J connectivity index is 1.73. The van der Waals surface area contributed by atoms with Crippen LogP contribution in [0.1, 0.15) is 30.9 Å². The van der Waals surface area contributed by atoms with Crippen molar-refractivity contribution in [2.75, 3.05) is 25.3 Å². The molecule has 0 unspecified atom stereocenters. The molecule has 0 saturated carbocycles. The normalized spacial score (nSPS) is 29.2. The van der Waals surface area contributed by atoms with Crippen molar-refractivity contribution in [2.24, 2.45) is 5.41 Å². The molecule has 24 heavy (non-hydrogen) atoms. The largest absolute Gasteiger partial charge is 0.323 e. The highest BCUT2D eigenvalue weighted by molar-refractivity contribution is 6.89. The number of benzene rings is 1. The molecule has 0 atom stereocenters. The van der Waals surface area contributed by atoms with Gasteiger partial charge < -0.3 is 14.2 Å². The van der Waals surface area contributed by atoms with Gasteiger partial charge in [-0.25, -0.2) is 0 Å². The second-order valence-electron chi connectivity index (χ2n) is 7.52. The molecule has 3 heterocycles. The summed E-state index contributed by atoms with van der Waals surface area (Å²) in [7, 11) is -1.61. The molecule has 3 aliphatic rings. The van der Waals surface area contributed by atoms with E-state index in [0.717, 1.165) is 24.0 Å². The maximum absolute atomic E-state index is 5.99. The molecule has 3 fully saturated rings. The van der Waals surface area contributed by atoms with Gasteiger partial charge in [0.2, 0.25) is 0 Å². The van der Waals surface area contributed by atoms with Gasteiger partial charge in [-0.3, -0.25) is 0 Å². The second-order valence-corrected chi connectivity index (χ2v) is 12.6. The smallest absolute Gasteiger partial charge is 0.312 e. The first-order valence-corrected chi connectivity index (χ1v) is 12.3. The number of ether oxygens (including phenoxy) is 3. The van der Waals surface area contributed by atoms with Gasteiger partial charge in [-0.1, -0.05) is 32.4 Å². The van der Waals surface area contributed by atoms with E-state index >= 15 is 0 Å². The molecule has 0 spiro atoms. The molecule has 0 N–H and O–H groups in total. The highest BCUT2D eigenvalue weighted by Gasteiger charge is 2.53. The molecule has 1 aromatic carbocycles. The number of alkyl halides is 1. The van der Waals surface area contributed by atoms with Crippen molar-refractivity contribution in [1.29, 1.82) is 0 Å². The van der Waals surface area contributed by atoms with Crippen LogP contribution < -0.4 is 0 Å². The third kappa shape index (κ3) is 3.56. The Morgan fingerprint density at radius 1 is 1.08 bits per heavy atom. The minimum atomic E-state index is -1.61. The SMILES string of the molecule is CCCC12COC(c3ccc(C#C[Si](C)(C)CCl)cc3)(OC1)OC2. The number of rotatable bonds is 4. The van der Waals surface area contributed by atoms with Crippen LogP contribution >= 0.6 is 11.6 Å². The Bertz CT molecular complexity index is 620. The van der Waals surface area contributed by atoms with E-state index in [1.807, 2.05) is 24.3 Å². The summed E-state index contributed by atoms with van der Waals surface area (Å²) in [5, 5.41) is 0. The number of hydrogen-bond donors (Lipinski definition) is 0. The molecule has 3 nitrogen and oxygen atoms in total. The lowest BCUT2D eigenvalue weighted by atomic mass is 9.83. The van der Waals surface area contributed by atoms with E-state index in [9.17, 15) is 0 Å². The third-order valence-electron chi connectivity index (χ3n) is 4.60. The van der Waals surface area contributed by atoms with Gasteiger partial charge in [-0.2, -0.15) is 0 Å². The van der Waals surface area contributed by atoms with Gasteiger partial charge in [0.15, 0.2) is 0 Å². The highest BCUT2D eigenvalue weighted by atomic mass is 35.5. The van der Waals surface area contributed by atoms with Crippen molar-refractivity contribution in [3.05, 3.63) is 35.4 Å². The fourth-order valence-corrected chi connectivity index (χ4v) is 3.77. The summed E-state index contributed by atoms with van der Waals surface area (Å²) in [6.07, 6.45) is 2.18. The molecule has 3 saturated heterocycles. The molecule has 5 heteroatoms. The minimum Gasteiger partial charge on any atom is -0.323 e. The van der Waals surface area contributed by atoms with Gasteiger partial charge in [0.05, 0.1) is 19.8 Å². The molecule has 0 aliphatic carbocycles. The highest BCUT2D eigenvalue weighted by Crippen LogP contribution is 2.46. The van der Waals surface area contributed by atoms with Crippen molar-refractivity contribution >= 4 is 19.7 Å². The van der Waals surface area contributed by atoms with Crippen LogP contribution in [0.4, 0.5) is 0 Å². The molecular weight excluding hydrogens is 340 g/mol. The van der Waals surface area contributed by atoms with Gasteiger partial charge in [0, 0.05) is 22.0 Å². The lowest BCUT2D eigenvalue weighted by Crippen LogP contribution is -2.58. The molecular formula is C19H25ClO3Si. The second kappa shape index (κ2) is 6.82. The number of hydrogen-bond acceptors (Lipinski definition) is 3. The van der Waals surface area contributed by atoms with E-state index in [2.05, 4.69) is 31.5 Å². The molecule has 0 aromatic heterocycles. The summed E-state index contributed by atoms with van der Waals surface area (Å²) in [5.74, 6) is 2.20. The zero-order valence-electron chi connectivity index (χ0n) is 14.7. The van der Waals surface area contributed by atoms with Crippen molar-refractivity contribution in [1.82, 2.24) is 0 Å². The Hall–Kier alpha value is -0.833. The van der Waals surface area contributed by atoms with E-state index in [0.29, 0.717) is 25.3 Å². The van der Waals surface area contributed by atoms with Gasteiger partial charge in [0.1, 0.15) is 8.07 Å². The van der Waals surface area contributed by atoms with Crippen LogP contribution in [0, 0.1) is 16.9 Å². The van der Waals surface area contributed by atoms with Crippen LogP contribution in [0.3, 0.4) is 0 Å². The van der Waals surface area contributed by atoms with Crippen LogP contribution in [0.2, 0.25) is 13.1 Å². The average Bonchev–Trinajstić information content (AvgIpc) is 2.62. The Labute approximate surface area is 150 Å². The van der Waals surface area contributed by atoms with Crippen LogP contribution in [0.5, 0.6) is 0 Å². The molecule has 0 amide bonds.